The first kappa shape index (κ1) is 8.61. The average Bonchev–Trinajstić information content (AvgIpc) is 1.83. The molecule has 0 fully saturated rings. The van der Waals surface area contributed by atoms with Crippen LogP contribution in [-0.2, 0) is 14.3 Å². The lowest BCUT2D eigenvalue weighted by atomic mass is 10.5. The highest BCUT2D eigenvalue weighted by Gasteiger charge is 1.91. The molecule has 0 N–H and O–H groups in total. The van der Waals surface area contributed by atoms with Gasteiger partial charge in [0.05, 0.1) is 7.11 Å². The van der Waals surface area contributed by atoms with E-state index in [-0.39, 0.29) is 3.79 Å². The molecule has 0 rings (SSSR count). The molecule has 0 saturated carbocycles. The molecular weight excluding hydrogens is 235 g/mol. The van der Waals surface area contributed by atoms with Crippen LogP contribution in [0.1, 0.15) is 0 Å². The Kier molecular flexibility index (Phi) is 4.29. The molecule has 0 amide bonds. The standard InChI is InChI=1S/C5H5IO3/c1-9-5(8)3-2-4(6)7/h2-3H,1H3/b3-2+. The van der Waals surface area contributed by atoms with E-state index in [0.29, 0.717) is 0 Å². The third-order valence-electron chi connectivity index (χ3n) is 0.552. The largest absolute Gasteiger partial charge is 0.466 e. The number of hydrogen-bond donors (Lipinski definition) is 0. The first-order chi connectivity index (χ1) is 4.16. The number of halogens is 1. The van der Waals surface area contributed by atoms with Crippen molar-refractivity contribution >= 4 is 32.4 Å². The van der Waals surface area contributed by atoms with Crippen molar-refractivity contribution in [2.75, 3.05) is 7.11 Å². The second-order valence-corrected chi connectivity index (χ2v) is 2.22. The fourth-order valence-corrected chi connectivity index (χ4v) is 0.381. The van der Waals surface area contributed by atoms with Crippen molar-refractivity contribution in [1.29, 1.82) is 0 Å². The third kappa shape index (κ3) is 5.48. The van der Waals surface area contributed by atoms with Gasteiger partial charge in [-0.1, -0.05) is 0 Å². The fourth-order valence-electron chi connectivity index (χ4n) is 0.202. The van der Waals surface area contributed by atoms with Crippen molar-refractivity contribution in [2.45, 2.75) is 0 Å². The van der Waals surface area contributed by atoms with Crippen molar-refractivity contribution in [2.24, 2.45) is 0 Å². The van der Waals surface area contributed by atoms with E-state index in [4.69, 9.17) is 0 Å². The van der Waals surface area contributed by atoms with Gasteiger partial charge in [0.25, 0.3) is 0 Å². The van der Waals surface area contributed by atoms with E-state index in [0.717, 1.165) is 12.2 Å². The molecule has 3 nitrogen and oxygen atoms in total. The van der Waals surface area contributed by atoms with Crippen LogP contribution in [0.15, 0.2) is 12.2 Å². The number of rotatable bonds is 2. The van der Waals surface area contributed by atoms with Crippen LogP contribution < -0.4 is 0 Å². The summed E-state index contributed by atoms with van der Waals surface area (Å²) in [5, 5.41) is 0. The summed E-state index contributed by atoms with van der Waals surface area (Å²) in [4.78, 5) is 20.4. The Morgan fingerprint density at radius 1 is 1.44 bits per heavy atom. The summed E-state index contributed by atoms with van der Waals surface area (Å²) < 4.78 is 4.02. The molecule has 0 atom stereocenters. The van der Waals surface area contributed by atoms with Crippen LogP contribution in [0.4, 0.5) is 0 Å². The highest BCUT2D eigenvalue weighted by atomic mass is 127. The first-order valence-corrected chi connectivity index (χ1v) is 3.20. The second kappa shape index (κ2) is 4.49. The molecule has 0 spiro atoms. The van der Waals surface area contributed by atoms with Gasteiger partial charge in [0, 0.05) is 28.7 Å². The number of methoxy groups -OCH3 is 1. The zero-order valence-electron chi connectivity index (χ0n) is 4.76. The summed E-state index contributed by atoms with van der Waals surface area (Å²) in [6.07, 6.45) is 2.22. The van der Waals surface area contributed by atoms with Crippen molar-refractivity contribution in [3.8, 4) is 0 Å². The fraction of sp³-hybridized carbons (Fsp3) is 0.200. The van der Waals surface area contributed by atoms with Crippen LogP contribution in [0.25, 0.3) is 0 Å². The summed E-state index contributed by atoms with van der Waals surface area (Å²) >= 11 is 1.56. The average molecular weight is 240 g/mol. The van der Waals surface area contributed by atoms with Crippen molar-refractivity contribution < 1.29 is 14.3 Å². The lowest BCUT2D eigenvalue weighted by molar-refractivity contribution is -0.135. The lowest BCUT2D eigenvalue weighted by Crippen LogP contribution is -1.94. The second-order valence-electron chi connectivity index (χ2n) is 1.16. The highest BCUT2D eigenvalue weighted by Crippen LogP contribution is 1.87. The van der Waals surface area contributed by atoms with Gasteiger partial charge in [-0.15, -0.1) is 0 Å². The third-order valence-corrected chi connectivity index (χ3v) is 0.911. The molecule has 4 heteroatoms. The minimum absolute atomic E-state index is 0.196. The van der Waals surface area contributed by atoms with Gasteiger partial charge in [-0.2, -0.15) is 0 Å². The highest BCUT2D eigenvalue weighted by molar-refractivity contribution is 14.1. The topological polar surface area (TPSA) is 43.4 Å². The minimum Gasteiger partial charge on any atom is -0.466 e. The van der Waals surface area contributed by atoms with Crippen LogP contribution in [0, 0.1) is 0 Å². The van der Waals surface area contributed by atoms with Gasteiger partial charge in [0.1, 0.15) is 0 Å². The SMILES string of the molecule is COC(=O)/C=C/C(=O)I. The molecule has 0 heterocycles. The van der Waals surface area contributed by atoms with Crippen LogP contribution in [0.2, 0.25) is 0 Å². The number of carbonyl (C=O) groups excluding carboxylic acids is 2. The van der Waals surface area contributed by atoms with Crippen LogP contribution in [0.3, 0.4) is 0 Å². The van der Waals surface area contributed by atoms with Gasteiger partial charge in [-0.3, -0.25) is 4.79 Å². The van der Waals surface area contributed by atoms with Crippen molar-refractivity contribution in [3.05, 3.63) is 12.2 Å². The zero-order chi connectivity index (χ0) is 7.28. The Bertz CT molecular complexity index is 150. The van der Waals surface area contributed by atoms with E-state index >= 15 is 0 Å². The van der Waals surface area contributed by atoms with E-state index in [2.05, 4.69) is 4.74 Å². The minimum atomic E-state index is -0.514. The number of ether oxygens (including phenoxy) is 1. The summed E-state index contributed by atoms with van der Waals surface area (Å²) in [5.74, 6) is -0.514. The summed E-state index contributed by atoms with van der Waals surface area (Å²) in [6, 6.07) is 0. The van der Waals surface area contributed by atoms with E-state index in [9.17, 15) is 9.59 Å². The molecule has 0 bridgehead atoms. The first-order valence-electron chi connectivity index (χ1n) is 2.12. The maximum atomic E-state index is 10.3. The summed E-state index contributed by atoms with van der Waals surface area (Å²) in [5.41, 5.74) is 0. The Labute approximate surface area is 66.2 Å². The molecule has 50 valence electrons. The quantitative estimate of drug-likeness (QED) is 0.308. The molecular formula is C5H5IO3. The number of allylic oxidation sites excluding steroid dienone is 1. The normalized spacial score (nSPS) is 9.56. The Hall–Kier alpha value is -0.390. The summed E-state index contributed by atoms with van der Waals surface area (Å²) in [7, 11) is 1.25. The van der Waals surface area contributed by atoms with Gasteiger partial charge < -0.3 is 4.74 Å². The van der Waals surface area contributed by atoms with Gasteiger partial charge in [-0.05, 0) is 6.08 Å². The predicted molar refractivity (Wildman–Crippen MR) is 40.2 cm³/mol. The maximum absolute atomic E-state index is 10.3. The molecule has 0 aromatic heterocycles. The van der Waals surface area contributed by atoms with E-state index in [1.807, 2.05) is 0 Å². The molecule has 0 unspecified atom stereocenters. The molecule has 0 saturated heterocycles. The summed E-state index contributed by atoms with van der Waals surface area (Å²) in [6.45, 7) is 0. The molecule has 0 radical (unpaired) electrons. The van der Waals surface area contributed by atoms with Gasteiger partial charge in [-0.25, -0.2) is 4.79 Å². The van der Waals surface area contributed by atoms with E-state index in [1.54, 1.807) is 22.6 Å². The van der Waals surface area contributed by atoms with Crippen molar-refractivity contribution in [1.82, 2.24) is 0 Å². The number of hydrogen-bond acceptors (Lipinski definition) is 3. The van der Waals surface area contributed by atoms with Crippen LogP contribution in [0.5, 0.6) is 0 Å². The Balaban J connectivity index is 3.71. The Morgan fingerprint density at radius 3 is 2.33 bits per heavy atom. The molecule has 0 aliphatic rings. The van der Waals surface area contributed by atoms with Crippen LogP contribution in [-0.4, -0.2) is 16.9 Å². The number of carbonyl (C=O) groups is 2. The lowest BCUT2D eigenvalue weighted by Gasteiger charge is -1.85. The van der Waals surface area contributed by atoms with E-state index < -0.39 is 5.97 Å². The van der Waals surface area contributed by atoms with Gasteiger partial charge >= 0.3 is 5.97 Å². The molecule has 0 aromatic rings. The molecule has 9 heavy (non-hydrogen) atoms. The zero-order valence-corrected chi connectivity index (χ0v) is 6.91. The number of esters is 1. The predicted octanol–water partition coefficient (Wildman–Crippen LogP) is 0.677. The molecule has 0 aliphatic heterocycles. The molecule has 0 aromatic carbocycles. The van der Waals surface area contributed by atoms with Crippen LogP contribution >= 0.6 is 22.6 Å². The smallest absolute Gasteiger partial charge is 0.330 e. The van der Waals surface area contributed by atoms with Crippen molar-refractivity contribution in [3.63, 3.8) is 0 Å². The van der Waals surface area contributed by atoms with Gasteiger partial charge in [0.15, 0.2) is 0 Å². The van der Waals surface area contributed by atoms with E-state index in [1.165, 1.54) is 7.11 Å². The monoisotopic (exact) mass is 240 g/mol. The van der Waals surface area contributed by atoms with Gasteiger partial charge in [0.2, 0.25) is 3.79 Å². The maximum Gasteiger partial charge on any atom is 0.330 e. The molecule has 0 aliphatic carbocycles. The Morgan fingerprint density at radius 2 is 2.00 bits per heavy atom.